The van der Waals surface area contributed by atoms with Crippen LogP contribution in [0.5, 0.6) is 0 Å². The molecule has 3 aromatic rings. The summed E-state index contributed by atoms with van der Waals surface area (Å²) in [6, 6.07) is 10.4. The molecule has 0 saturated carbocycles. The van der Waals surface area contributed by atoms with Crippen LogP contribution in [0.3, 0.4) is 0 Å². The second kappa shape index (κ2) is 11.0. The molecule has 0 aliphatic carbocycles. The van der Waals surface area contributed by atoms with Crippen molar-refractivity contribution in [3.05, 3.63) is 65.4 Å². The minimum Gasteiger partial charge on any atom is -0.378 e. The molecule has 2 N–H and O–H groups in total. The van der Waals surface area contributed by atoms with E-state index in [1.165, 1.54) is 29.7 Å². The van der Waals surface area contributed by atoms with Crippen molar-refractivity contribution in [2.24, 2.45) is 5.10 Å². The molecule has 2 saturated heterocycles. The Bertz CT molecular complexity index is 1180. The number of halogens is 1. The number of aryl methyl sites for hydroxylation is 1. The number of nitrogens with zero attached hydrogens (tertiary/aromatic N) is 5. The predicted octanol–water partition coefficient (Wildman–Crippen LogP) is 4.91. The molecule has 35 heavy (non-hydrogen) atoms. The fourth-order valence-electron chi connectivity index (χ4n) is 4.22. The number of morpholine rings is 1. The van der Waals surface area contributed by atoms with Crippen LogP contribution < -0.4 is 15.6 Å². The Morgan fingerprint density at radius 3 is 2.74 bits per heavy atom. The second-order valence-corrected chi connectivity index (χ2v) is 9.81. The molecule has 4 heterocycles. The Hall–Kier alpha value is -3.24. The zero-order valence-electron chi connectivity index (χ0n) is 19.6. The zero-order valence-corrected chi connectivity index (χ0v) is 20.4. The molecule has 8 nitrogen and oxygen atoms in total. The summed E-state index contributed by atoms with van der Waals surface area (Å²) in [5, 5.41) is 8.19. The second-order valence-electron chi connectivity index (χ2n) is 8.50. The molecule has 2 aliphatic rings. The molecule has 182 valence electrons. The predicted molar refractivity (Wildman–Crippen MR) is 139 cm³/mol. The van der Waals surface area contributed by atoms with E-state index in [-0.39, 0.29) is 11.8 Å². The van der Waals surface area contributed by atoms with Gasteiger partial charge >= 0.3 is 0 Å². The summed E-state index contributed by atoms with van der Waals surface area (Å²) < 4.78 is 19.5. The molecule has 1 aromatic carbocycles. The Labute approximate surface area is 208 Å². The molecule has 0 amide bonds. The van der Waals surface area contributed by atoms with E-state index in [4.69, 9.17) is 4.74 Å². The normalized spacial score (nSPS) is 18.2. The van der Waals surface area contributed by atoms with Crippen molar-refractivity contribution in [1.29, 1.82) is 0 Å². The summed E-state index contributed by atoms with van der Waals surface area (Å²) in [5.41, 5.74) is 8.13. The van der Waals surface area contributed by atoms with Crippen molar-refractivity contribution in [2.45, 2.75) is 25.0 Å². The quantitative estimate of drug-likeness (QED) is 0.355. The van der Waals surface area contributed by atoms with Gasteiger partial charge in [-0.15, -0.1) is 0 Å². The maximum Gasteiger partial charge on any atom is 0.245 e. The SMILES string of the molecule is Cc1cc(Nc2ccc(/C=N/Nc3ncc(F)c(N4CCOCC4)n3)nc2)ccc1C1CCCS1. The molecule has 2 fully saturated rings. The number of nitrogens with one attached hydrogen (secondary N) is 2. The van der Waals surface area contributed by atoms with Gasteiger partial charge in [0.25, 0.3) is 0 Å². The number of hydrogen-bond acceptors (Lipinski definition) is 9. The first-order valence-corrected chi connectivity index (χ1v) is 12.8. The highest BCUT2D eigenvalue weighted by Gasteiger charge is 2.19. The van der Waals surface area contributed by atoms with E-state index >= 15 is 0 Å². The fourth-order valence-corrected chi connectivity index (χ4v) is 5.62. The number of ether oxygens (including phenoxy) is 1. The molecule has 0 spiro atoms. The lowest BCUT2D eigenvalue weighted by Gasteiger charge is -2.27. The molecule has 1 unspecified atom stereocenters. The summed E-state index contributed by atoms with van der Waals surface area (Å²) >= 11 is 2.05. The minimum absolute atomic E-state index is 0.220. The maximum absolute atomic E-state index is 14.2. The maximum atomic E-state index is 14.2. The molecule has 10 heteroatoms. The van der Waals surface area contributed by atoms with Crippen molar-refractivity contribution in [2.75, 3.05) is 47.7 Å². The number of hydrogen-bond donors (Lipinski definition) is 2. The molecule has 0 radical (unpaired) electrons. The van der Waals surface area contributed by atoms with Gasteiger partial charge in [-0.3, -0.25) is 4.98 Å². The van der Waals surface area contributed by atoms with Gasteiger partial charge in [-0.2, -0.15) is 21.8 Å². The molecule has 0 bridgehead atoms. The standard InChI is InChI=1S/C25H28FN7OS/c1-17-13-18(6-7-21(17)23-3-2-12-35-23)30-20-5-4-19(27-14-20)15-29-32-25-28-16-22(26)24(31-25)33-8-10-34-11-9-33/h4-7,13-16,23,30H,2-3,8-12H2,1H3,(H,28,31,32)/b29-15+. The first kappa shape index (κ1) is 23.5. The summed E-state index contributed by atoms with van der Waals surface area (Å²) in [6.07, 6.45) is 7.06. The van der Waals surface area contributed by atoms with Crippen LogP contribution in [0.25, 0.3) is 0 Å². The summed E-state index contributed by atoms with van der Waals surface area (Å²) in [7, 11) is 0. The van der Waals surface area contributed by atoms with Crippen molar-refractivity contribution < 1.29 is 9.13 Å². The average Bonchev–Trinajstić information content (AvgIpc) is 3.41. The highest BCUT2D eigenvalue weighted by Crippen LogP contribution is 2.41. The largest absolute Gasteiger partial charge is 0.378 e. The minimum atomic E-state index is -0.464. The summed E-state index contributed by atoms with van der Waals surface area (Å²) in [4.78, 5) is 14.5. The highest BCUT2D eigenvalue weighted by molar-refractivity contribution is 7.99. The van der Waals surface area contributed by atoms with Gasteiger partial charge in [-0.1, -0.05) is 6.07 Å². The number of benzene rings is 1. The number of anilines is 4. The van der Waals surface area contributed by atoms with Crippen molar-refractivity contribution in [3.63, 3.8) is 0 Å². The van der Waals surface area contributed by atoms with E-state index in [1.807, 2.05) is 17.0 Å². The van der Waals surface area contributed by atoms with Crippen LogP contribution in [-0.4, -0.2) is 53.2 Å². The van der Waals surface area contributed by atoms with E-state index in [0.29, 0.717) is 37.2 Å². The van der Waals surface area contributed by atoms with Gasteiger partial charge in [0, 0.05) is 24.0 Å². The van der Waals surface area contributed by atoms with Crippen LogP contribution in [0, 0.1) is 12.7 Å². The average molecular weight is 494 g/mol. The Kier molecular flexibility index (Phi) is 7.39. The van der Waals surface area contributed by atoms with Crippen molar-refractivity contribution in [3.8, 4) is 0 Å². The number of hydrazone groups is 1. The third kappa shape index (κ3) is 5.88. The van der Waals surface area contributed by atoms with Crippen LogP contribution in [0.1, 0.15) is 34.9 Å². The summed E-state index contributed by atoms with van der Waals surface area (Å²) in [5.74, 6) is 1.26. The smallest absolute Gasteiger partial charge is 0.245 e. The van der Waals surface area contributed by atoms with E-state index in [0.717, 1.165) is 17.6 Å². The Balaban J connectivity index is 1.18. The van der Waals surface area contributed by atoms with Gasteiger partial charge in [0.15, 0.2) is 11.6 Å². The summed E-state index contributed by atoms with van der Waals surface area (Å²) in [6.45, 7) is 4.45. The first-order valence-electron chi connectivity index (χ1n) is 11.8. The van der Waals surface area contributed by atoms with Crippen molar-refractivity contribution >= 4 is 41.1 Å². The van der Waals surface area contributed by atoms with Gasteiger partial charge in [0.1, 0.15) is 0 Å². The van der Waals surface area contributed by atoms with Crippen LogP contribution in [0.4, 0.5) is 27.5 Å². The van der Waals surface area contributed by atoms with Gasteiger partial charge in [-0.05, 0) is 60.9 Å². The van der Waals surface area contributed by atoms with Gasteiger partial charge in [-0.25, -0.2) is 14.8 Å². The van der Waals surface area contributed by atoms with Crippen LogP contribution >= 0.6 is 11.8 Å². The molecule has 5 rings (SSSR count). The van der Waals surface area contributed by atoms with E-state index in [9.17, 15) is 4.39 Å². The monoisotopic (exact) mass is 493 g/mol. The molecule has 2 aliphatic heterocycles. The van der Waals surface area contributed by atoms with Gasteiger partial charge in [0.2, 0.25) is 5.95 Å². The Morgan fingerprint density at radius 1 is 1.14 bits per heavy atom. The molecule has 2 aromatic heterocycles. The van der Waals surface area contributed by atoms with Gasteiger partial charge in [0.05, 0.1) is 43.2 Å². The van der Waals surface area contributed by atoms with E-state index in [2.05, 4.69) is 67.7 Å². The highest BCUT2D eigenvalue weighted by atomic mass is 32.2. The van der Waals surface area contributed by atoms with Crippen LogP contribution in [-0.2, 0) is 4.74 Å². The topological polar surface area (TPSA) is 87.6 Å². The molecular formula is C25H28FN7OS. The van der Waals surface area contributed by atoms with Crippen LogP contribution in [0.15, 0.2) is 47.8 Å². The Morgan fingerprint density at radius 2 is 2.00 bits per heavy atom. The van der Waals surface area contributed by atoms with E-state index in [1.54, 1.807) is 12.4 Å². The van der Waals surface area contributed by atoms with E-state index < -0.39 is 5.82 Å². The third-order valence-electron chi connectivity index (χ3n) is 6.02. The van der Waals surface area contributed by atoms with Crippen molar-refractivity contribution in [1.82, 2.24) is 15.0 Å². The molecule has 1 atom stereocenters. The lowest BCUT2D eigenvalue weighted by Crippen LogP contribution is -2.37. The number of aromatic nitrogens is 3. The first-order chi connectivity index (χ1) is 17.2. The van der Waals surface area contributed by atoms with Crippen LogP contribution in [0.2, 0.25) is 0 Å². The lowest BCUT2D eigenvalue weighted by atomic mass is 10.0. The van der Waals surface area contributed by atoms with Gasteiger partial charge < -0.3 is 15.0 Å². The number of pyridine rings is 1. The third-order valence-corrected chi connectivity index (χ3v) is 7.44. The lowest BCUT2D eigenvalue weighted by molar-refractivity contribution is 0.122. The number of rotatable bonds is 7. The fraction of sp³-hybridized carbons (Fsp3) is 0.360. The number of thioether (sulfide) groups is 1. The molecular weight excluding hydrogens is 465 g/mol. The zero-order chi connectivity index (χ0) is 24.0.